The fourth-order valence-corrected chi connectivity index (χ4v) is 4.65. The number of benzene rings is 2. The normalized spacial score (nSPS) is 15.2. The van der Waals surface area contributed by atoms with Crippen molar-refractivity contribution in [3.63, 3.8) is 0 Å². The Bertz CT molecular complexity index is 787. The van der Waals surface area contributed by atoms with Crippen LogP contribution in [0, 0.1) is 11.7 Å². The second-order valence-electron chi connectivity index (χ2n) is 7.14. The third kappa shape index (κ3) is 5.39. The number of nitrogens with zero attached hydrogens (tertiary/aromatic N) is 1. The molecular formula is C21H26FNO2S. The van der Waals surface area contributed by atoms with Crippen LogP contribution in [0.3, 0.4) is 0 Å². The van der Waals surface area contributed by atoms with Crippen LogP contribution in [-0.4, -0.2) is 32.2 Å². The van der Waals surface area contributed by atoms with Crippen LogP contribution in [0.5, 0.6) is 0 Å². The highest BCUT2D eigenvalue weighted by Crippen LogP contribution is 2.27. The predicted octanol–water partition coefficient (Wildman–Crippen LogP) is 4.29. The minimum atomic E-state index is -3.36. The highest BCUT2D eigenvalue weighted by molar-refractivity contribution is 7.91. The molecule has 0 spiro atoms. The maximum absolute atomic E-state index is 13.0. The van der Waals surface area contributed by atoms with Gasteiger partial charge in [0.2, 0.25) is 0 Å². The zero-order valence-corrected chi connectivity index (χ0v) is 15.8. The maximum Gasteiger partial charge on any atom is 0.178 e. The average molecular weight is 376 g/mol. The summed E-state index contributed by atoms with van der Waals surface area (Å²) >= 11 is 0. The van der Waals surface area contributed by atoms with Crippen LogP contribution in [0.15, 0.2) is 59.5 Å². The molecule has 0 saturated heterocycles. The second-order valence-corrected chi connectivity index (χ2v) is 9.25. The molecule has 3 nitrogen and oxygen atoms in total. The van der Waals surface area contributed by atoms with Crippen LogP contribution < -0.4 is 0 Å². The molecule has 1 aliphatic carbocycles. The molecule has 0 aromatic heterocycles. The lowest BCUT2D eigenvalue weighted by Crippen LogP contribution is -2.33. The van der Waals surface area contributed by atoms with Crippen molar-refractivity contribution >= 4 is 9.84 Å². The first kappa shape index (κ1) is 19.1. The minimum Gasteiger partial charge on any atom is -0.299 e. The number of hydrogen-bond acceptors (Lipinski definition) is 3. The van der Waals surface area contributed by atoms with Gasteiger partial charge in [-0.15, -0.1) is 0 Å². The molecule has 0 aliphatic heterocycles. The van der Waals surface area contributed by atoms with E-state index in [-0.39, 0.29) is 10.6 Å². The summed E-state index contributed by atoms with van der Waals surface area (Å²) in [5.41, 5.74) is 1.26. The monoisotopic (exact) mass is 375 g/mol. The molecule has 5 heteroatoms. The Morgan fingerprint density at radius 3 is 2.31 bits per heavy atom. The molecular weight excluding hydrogens is 349 g/mol. The van der Waals surface area contributed by atoms with Gasteiger partial charge in [-0.25, -0.2) is 12.8 Å². The molecule has 2 aromatic carbocycles. The van der Waals surface area contributed by atoms with E-state index in [1.165, 1.54) is 49.1 Å². The van der Waals surface area contributed by atoms with Crippen molar-refractivity contribution in [1.29, 1.82) is 0 Å². The molecule has 3 rings (SSSR count). The fourth-order valence-electron chi connectivity index (χ4n) is 3.35. The van der Waals surface area contributed by atoms with Gasteiger partial charge in [-0.2, -0.15) is 0 Å². The Morgan fingerprint density at radius 2 is 1.69 bits per heavy atom. The standard InChI is InChI=1S/C21H26FNO2S/c22-20-10-12-21(13-11-20)26(24,25)15-5-14-23(17-19-8-4-9-19)16-18-6-2-1-3-7-18/h1-3,6-7,10-13,19H,4-5,8-9,14-17H2. The lowest BCUT2D eigenvalue weighted by Gasteiger charge is -2.32. The van der Waals surface area contributed by atoms with E-state index in [9.17, 15) is 12.8 Å². The van der Waals surface area contributed by atoms with Gasteiger partial charge >= 0.3 is 0 Å². The van der Waals surface area contributed by atoms with E-state index in [2.05, 4.69) is 17.0 Å². The Kier molecular flexibility index (Phi) is 6.43. The third-order valence-electron chi connectivity index (χ3n) is 5.05. The van der Waals surface area contributed by atoms with Crippen molar-refractivity contribution in [2.24, 2.45) is 5.92 Å². The molecule has 1 saturated carbocycles. The number of hydrogen-bond donors (Lipinski definition) is 0. The van der Waals surface area contributed by atoms with Crippen molar-refractivity contribution in [3.8, 4) is 0 Å². The van der Waals surface area contributed by atoms with Crippen molar-refractivity contribution in [1.82, 2.24) is 4.90 Å². The quantitative estimate of drug-likeness (QED) is 0.614. The summed E-state index contributed by atoms with van der Waals surface area (Å²) < 4.78 is 37.9. The molecule has 0 bridgehead atoms. The summed E-state index contributed by atoms with van der Waals surface area (Å²) in [6.07, 6.45) is 4.44. The van der Waals surface area contributed by atoms with Crippen LogP contribution in [-0.2, 0) is 16.4 Å². The van der Waals surface area contributed by atoms with Gasteiger partial charge in [-0.05, 0) is 61.6 Å². The van der Waals surface area contributed by atoms with Gasteiger partial charge < -0.3 is 0 Å². The number of rotatable bonds is 9. The molecule has 0 heterocycles. The third-order valence-corrected chi connectivity index (χ3v) is 6.87. The molecule has 1 fully saturated rings. The van der Waals surface area contributed by atoms with Crippen LogP contribution in [0.25, 0.3) is 0 Å². The molecule has 26 heavy (non-hydrogen) atoms. The molecule has 0 atom stereocenters. The van der Waals surface area contributed by atoms with Gasteiger partial charge in [0.1, 0.15) is 5.82 Å². The second kappa shape index (κ2) is 8.78. The van der Waals surface area contributed by atoms with E-state index in [0.717, 1.165) is 25.6 Å². The summed E-state index contributed by atoms with van der Waals surface area (Å²) in [7, 11) is -3.36. The van der Waals surface area contributed by atoms with E-state index in [1.54, 1.807) is 0 Å². The SMILES string of the molecule is O=S(=O)(CCCN(Cc1ccccc1)CC1CCC1)c1ccc(F)cc1. The minimum absolute atomic E-state index is 0.0919. The molecule has 140 valence electrons. The zero-order valence-electron chi connectivity index (χ0n) is 15.0. The van der Waals surface area contributed by atoms with Crippen molar-refractivity contribution in [2.45, 2.75) is 37.1 Å². The zero-order chi connectivity index (χ0) is 18.4. The summed E-state index contributed by atoms with van der Waals surface area (Å²) in [5, 5.41) is 0. The highest BCUT2D eigenvalue weighted by Gasteiger charge is 2.21. The Balaban J connectivity index is 1.57. The Morgan fingerprint density at radius 1 is 1.00 bits per heavy atom. The van der Waals surface area contributed by atoms with Gasteiger partial charge in [-0.1, -0.05) is 36.8 Å². The van der Waals surface area contributed by atoms with E-state index >= 15 is 0 Å². The van der Waals surface area contributed by atoms with Gasteiger partial charge in [0.25, 0.3) is 0 Å². The lowest BCUT2D eigenvalue weighted by molar-refractivity contribution is 0.172. The Labute approximate surface area is 155 Å². The van der Waals surface area contributed by atoms with Gasteiger partial charge in [-0.3, -0.25) is 4.90 Å². The first-order valence-corrected chi connectivity index (χ1v) is 10.9. The topological polar surface area (TPSA) is 37.4 Å². The molecule has 2 aromatic rings. The van der Waals surface area contributed by atoms with Gasteiger partial charge in [0.15, 0.2) is 9.84 Å². The van der Waals surface area contributed by atoms with Crippen molar-refractivity contribution in [3.05, 3.63) is 66.0 Å². The molecule has 0 unspecified atom stereocenters. The fraction of sp³-hybridized carbons (Fsp3) is 0.429. The first-order valence-electron chi connectivity index (χ1n) is 9.27. The van der Waals surface area contributed by atoms with E-state index in [4.69, 9.17) is 0 Å². The summed E-state index contributed by atoms with van der Waals surface area (Å²) in [4.78, 5) is 2.58. The van der Waals surface area contributed by atoms with Gasteiger partial charge in [0.05, 0.1) is 10.6 Å². The van der Waals surface area contributed by atoms with Crippen molar-refractivity contribution in [2.75, 3.05) is 18.8 Å². The van der Waals surface area contributed by atoms with Crippen LogP contribution in [0.2, 0.25) is 0 Å². The van der Waals surface area contributed by atoms with E-state index in [0.29, 0.717) is 6.42 Å². The summed E-state index contributed by atoms with van der Waals surface area (Å²) in [6.45, 7) is 2.64. The van der Waals surface area contributed by atoms with Crippen LogP contribution >= 0.6 is 0 Å². The van der Waals surface area contributed by atoms with Crippen LogP contribution in [0.4, 0.5) is 4.39 Å². The molecule has 0 N–H and O–H groups in total. The summed E-state index contributed by atoms with van der Waals surface area (Å²) in [6, 6.07) is 15.4. The van der Waals surface area contributed by atoms with E-state index < -0.39 is 15.7 Å². The lowest BCUT2D eigenvalue weighted by atomic mass is 9.85. The van der Waals surface area contributed by atoms with Crippen molar-refractivity contribution < 1.29 is 12.8 Å². The molecule has 0 radical (unpaired) electrons. The highest BCUT2D eigenvalue weighted by atomic mass is 32.2. The number of sulfone groups is 1. The number of halogens is 1. The van der Waals surface area contributed by atoms with Gasteiger partial charge in [0, 0.05) is 13.1 Å². The maximum atomic E-state index is 13.0. The molecule has 0 amide bonds. The predicted molar refractivity (Wildman–Crippen MR) is 102 cm³/mol. The largest absolute Gasteiger partial charge is 0.299 e. The first-order chi connectivity index (χ1) is 12.5. The Hall–Kier alpha value is -1.72. The average Bonchev–Trinajstić information content (AvgIpc) is 2.59. The van der Waals surface area contributed by atoms with Crippen LogP contribution in [0.1, 0.15) is 31.2 Å². The van der Waals surface area contributed by atoms with E-state index in [1.807, 2.05) is 18.2 Å². The molecule has 1 aliphatic rings. The smallest absolute Gasteiger partial charge is 0.178 e. The summed E-state index contributed by atoms with van der Waals surface area (Å²) in [5.74, 6) is 0.417.